The van der Waals surface area contributed by atoms with E-state index in [1.165, 1.54) is 0 Å². The smallest absolute Gasteiger partial charge is 0.255 e. The average molecular weight is 323 g/mol. The summed E-state index contributed by atoms with van der Waals surface area (Å²) in [4.78, 5) is 18.3. The minimum absolute atomic E-state index is 0.0963. The van der Waals surface area contributed by atoms with Gasteiger partial charge in [-0.25, -0.2) is 0 Å². The molecule has 0 spiro atoms. The highest BCUT2D eigenvalue weighted by atomic mass is 35.5. The maximum Gasteiger partial charge on any atom is 0.255 e. The Hall–Kier alpha value is -1.58. The molecule has 1 aromatic carbocycles. The van der Waals surface area contributed by atoms with Gasteiger partial charge in [-0.1, -0.05) is 29.3 Å². The third-order valence-corrected chi connectivity index (χ3v) is 4.03. The zero-order valence-corrected chi connectivity index (χ0v) is 13.6. The van der Waals surface area contributed by atoms with E-state index in [9.17, 15) is 4.79 Å². The van der Waals surface area contributed by atoms with Crippen LogP contribution in [0.25, 0.3) is 0 Å². The molecule has 0 saturated carbocycles. The van der Waals surface area contributed by atoms with E-state index in [0.29, 0.717) is 15.6 Å². The lowest BCUT2D eigenvalue weighted by Gasteiger charge is -2.26. The standard InChI is InChI=1S/C16H16Cl2N2O/c1-10-4-5-12(9-19-10)16(21)20(3)11(2)14-7-6-13(17)8-15(14)18/h4-9,11H,1-3H3. The van der Waals surface area contributed by atoms with E-state index < -0.39 is 0 Å². The first kappa shape index (κ1) is 15.8. The second-order valence-corrected chi connectivity index (χ2v) is 5.79. The monoisotopic (exact) mass is 322 g/mol. The Labute approximate surface area is 134 Å². The number of hydrogen-bond acceptors (Lipinski definition) is 2. The van der Waals surface area contributed by atoms with Gasteiger partial charge in [-0.2, -0.15) is 0 Å². The number of halogens is 2. The van der Waals surface area contributed by atoms with E-state index in [1.807, 2.05) is 26.0 Å². The van der Waals surface area contributed by atoms with E-state index in [4.69, 9.17) is 23.2 Å². The molecule has 1 heterocycles. The molecular weight excluding hydrogens is 307 g/mol. The molecule has 0 bridgehead atoms. The van der Waals surface area contributed by atoms with Crippen molar-refractivity contribution in [2.24, 2.45) is 0 Å². The van der Waals surface area contributed by atoms with Gasteiger partial charge in [0.25, 0.3) is 5.91 Å². The predicted molar refractivity (Wildman–Crippen MR) is 85.9 cm³/mol. The van der Waals surface area contributed by atoms with Crippen LogP contribution in [0.2, 0.25) is 10.0 Å². The lowest BCUT2D eigenvalue weighted by Crippen LogP contribution is -2.29. The van der Waals surface area contributed by atoms with Crippen molar-refractivity contribution in [3.63, 3.8) is 0 Å². The van der Waals surface area contributed by atoms with Crippen LogP contribution in [0.3, 0.4) is 0 Å². The Bertz CT molecular complexity index is 656. The van der Waals surface area contributed by atoms with Gasteiger partial charge >= 0.3 is 0 Å². The Morgan fingerprint density at radius 2 is 1.95 bits per heavy atom. The summed E-state index contributed by atoms with van der Waals surface area (Å²) in [5, 5.41) is 1.13. The van der Waals surface area contributed by atoms with Gasteiger partial charge in [-0.15, -0.1) is 0 Å². The number of benzene rings is 1. The molecule has 110 valence electrons. The molecule has 0 fully saturated rings. The summed E-state index contributed by atoms with van der Waals surface area (Å²) < 4.78 is 0. The zero-order valence-electron chi connectivity index (χ0n) is 12.1. The second-order valence-electron chi connectivity index (χ2n) is 4.95. The summed E-state index contributed by atoms with van der Waals surface area (Å²) >= 11 is 12.1. The normalized spacial score (nSPS) is 12.0. The van der Waals surface area contributed by atoms with Gasteiger partial charge in [-0.3, -0.25) is 9.78 Å². The molecule has 1 unspecified atom stereocenters. The van der Waals surface area contributed by atoms with E-state index in [-0.39, 0.29) is 11.9 Å². The fourth-order valence-corrected chi connectivity index (χ4v) is 2.59. The molecule has 21 heavy (non-hydrogen) atoms. The lowest BCUT2D eigenvalue weighted by atomic mass is 10.1. The summed E-state index contributed by atoms with van der Waals surface area (Å²) in [7, 11) is 1.75. The number of rotatable bonds is 3. The van der Waals surface area contributed by atoms with Crippen LogP contribution in [0.5, 0.6) is 0 Å². The Balaban J connectivity index is 2.24. The minimum Gasteiger partial charge on any atom is -0.335 e. The van der Waals surface area contributed by atoms with Gasteiger partial charge in [-0.05, 0) is 43.7 Å². The number of amides is 1. The highest BCUT2D eigenvalue weighted by molar-refractivity contribution is 6.35. The minimum atomic E-state index is -0.163. The Kier molecular flexibility index (Phi) is 4.86. The second kappa shape index (κ2) is 6.46. The molecule has 3 nitrogen and oxygen atoms in total. The topological polar surface area (TPSA) is 33.2 Å². The molecule has 1 amide bonds. The van der Waals surface area contributed by atoms with E-state index in [1.54, 1.807) is 36.3 Å². The van der Waals surface area contributed by atoms with Gasteiger partial charge in [0.1, 0.15) is 0 Å². The molecule has 1 atom stereocenters. The fraction of sp³-hybridized carbons (Fsp3) is 0.250. The van der Waals surface area contributed by atoms with Gasteiger partial charge in [0.2, 0.25) is 0 Å². The molecule has 5 heteroatoms. The van der Waals surface area contributed by atoms with Gasteiger partial charge in [0.15, 0.2) is 0 Å². The number of nitrogens with zero attached hydrogens (tertiary/aromatic N) is 2. The fourth-order valence-electron chi connectivity index (χ4n) is 2.02. The van der Waals surface area contributed by atoms with Gasteiger partial charge in [0.05, 0.1) is 11.6 Å². The third kappa shape index (κ3) is 3.55. The van der Waals surface area contributed by atoms with E-state index in [2.05, 4.69) is 4.98 Å². The molecule has 0 aliphatic carbocycles. The first-order chi connectivity index (χ1) is 9.90. The summed E-state index contributed by atoms with van der Waals surface area (Å²) in [6, 6.07) is 8.72. The maximum atomic E-state index is 12.5. The zero-order chi connectivity index (χ0) is 15.6. The molecule has 0 radical (unpaired) electrons. The van der Waals surface area contributed by atoms with Crippen molar-refractivity contribution in [2.75, 3.05) is 7.05 Å². The number of carbonyl (C=O) groups excluding carboxylic acids is 1. The van der Waals surface area contributed by atoms with Crippen molar-refractivity contribution in [3.05, 3.63) is 63.4 Å². The van der Waals surface area contributed by atoms with Crippen molar-refractivity contribution >= 4 is 29.1 Å². The maximum absolute atomic E-state index is 12.5. The lowest BCUT2D eigenvalue weighted by molar-refractivity contribution is 0.0742. The van der Waals surface area contributed by atoms with Crippen molar-refractivity contribution in [1.29, 1.82) is 0 Å². The van der Waals surface area contributed by atoms with Crippen molar-refractivity contribution in [2.45, 2.75) is 19.9 Å². The average Bonchev–Trinajstić information content (AvgIpc) is 2.46. The largest absolute Gasteiger partial charge is 0.335 e. The van der Waals surface area contributed by atoms with E-state index in [0.717, 1.165) is 11.3 Å². The molecule has 0 N–H and O–H groups in total. The number of pyridine rings is 1. The van der Waals surface area contributed by atoms with Crippen LogP contribution in [0.4, 0.5) is 0 Å². The summed E-state index contributed by atoms with van der Waals surface area (Å²) in [5.41, 5.74) is 2.29. The molecule has 0 saturated heterocycles. The number of hydrogen-bond donors (Lipinski definition) is 0. The van der Waals surface area contributed by atoms with Crippen LogP contribution < -0.4 is 0 Å². The van der Waals surface area contributed by atoms with Crippen LogP contribution in [-0.2, 0) is 0 Å². The van der Waals surface area contributed by atoms with Crippen LogP contribution in [-0.4, -0.2) is 22.8 Å². The summed E-state index contributed by atoms with van der Waals surface area (Å²) in [6.07, 6.45) is 1.59. The summed E-state index contributed by atoms with van der Waals surface area (Å²) in [5.74, 6) is -0.0963. The Morgan fingerprint density at radius 1 is 1.24 bits per heavy atom. The van der Waals surface area contributed by atoms with Gasteiger partial charge < -0.3 is 4.90 Å². The Morgan fingerprint density at radius 3 is 2.52 bits per heavy atom. The number of carbonyl (C=O) groups is 1. The first-order valence-electron chi connectivity index (χ1n) is 6.55. The highest BCUT2D eigenvalue weighted by Gasteiger charge is 2.21. The highest BCUT2D eigenvalue weighted by Crippen LogP contribution is 2.29. The van der Waals surface area contributed by atoms with Crippen molar-refractivity contribution in [3.8, 4) is 0 Å². The van der Waals surface area contributed by atoms with Crippen molar-refractivity contribution < 1.29 is 4.79 Å². The number of aromatic nitrogens is 1. The molecular formula is C16H16Cl2N2O. The molecule has 2 aromatic rings. The summed E-state index contributed by atoms with van der Waals surface area (Å²) in [6.45, 7) is 3.81. The molecule has 1 aromatic heterocycles. The predicted octanol–water partition coefficient (Wildman–Crippen LogP) is 4.53. The molecule has 0 aliphatic heterocycles. The van der Waals surface area contributed by atoms with Crippen molar-refractivity contribution in [1.82, 2.24) is 9.88 Å². The van der Waals surface area contributed by atoms with Crippen LogP contribution in [0.15, 0.2) is 36.5 Å². The molecule has 0 aliphatic rings. The third-order valence-electron chi connectivity index (χ3n) is 3.47. The van der Waals surface area contributed by atoms with E-state index >= 15 is 0 Å². The first-order valence-corrected chi connectivity index (χ1v) is 7.30. The number of aryl methyl sites for hydroxylation is 1. The van der Waals surface area contributed by atoms with Gasteiger partial charge in [0, 0.05) is 29.0 Å². The van der Waals surface area contributed by atoms with Crippen LogP contribution >= 0.6 is 23.2 Å². The van der Waals surface area contributed by atoms with Crippen LogP contribution in [0, 0.1) is 6.92 Å². The van der Waals surface area contributed by atoms with Crippen LogP contribution in [0.1, 0.15) is 34.6 Å². The quantitative estimate of drug-likeness (QED) is 0.831. The SMILES string of the molecule is Cc1ccc(C(=O)N(C)C(C)c2ccc(Cl)cc2Cl)cn1. The molecule has 2 rings (SSSR count).